The number of anilines is 1. The summed E-state index contributed by atoms with van der Waals surface area (Å²) in [5.74, 6) is -0.254. The molecule has 5 nitrogen and oxygen atoms in total. The summed E-state index contributed by atoms with van der Waals surface area (Å²) >= 11 is 2.95. The minimum absolute atomic E-state index is 0.0314. The molecule has 0 spiro atoms. The lowest BCUT2D eigenvalue weighted by Gasteiger charge is -2.27. The van der Waals surface area contributed by atoms with E-state index in [1.165, 1.54) is 23.5 Å². The van der Waals surface area contributed by atoms with E-state index >= 15 is 0 Å². The maximum absolute atomic E-state index is 13.6. The number of aromatic nitrogens is 1. The van der Waals surface area contributed by atoms with Crippen molar-refractivity contribution in [2.45, 2.75) is 12.8 Å². The average Bonchev–Trinajstić information content (AvgIpc) is 3.35. The molecule has 0 bridgehead atoms. The molecule has 0 saturated carbocycles. The first kappa shape index (κ1) is 19.4. The highest BCUT2D eigenvalue weighted by Gasteiger charge is 2.21. The van der Waals surface area contributed by atoms with E-state index in [0.717, 1.165) is 54.4 Å². The van der Waals surface area contributed by atoms with E-state index in [0.29, 0.717) is 18.1 Å². The standard InChI is InChI=1S/C20H22FN3O2S2/c21-15-4-5-17-18(13-15)28-20(22-17)24(19(25)14-16-3-1-12-27-16)7-2-6-23-8-10-26-11-9-23/h1,3-5,12-13H,2,6-11,14H2. The Bertz CT molecular complexity index is 923. The van der Waals surface area contributed by atoms with Crippen molar-refractivity contribution in [1.82, 2.24) is 9.88 Å². The summed E-state index contributed by atoms with van der Waals surface area (Å²) in [6.45, 7) is 4.93. The van der Waals surface area contributed by atoms with Crippen molar-refractivity contribution in [2.24, 2.45) is 0 Å². The smallest absolute Gasteiger partial charge is 0.234 e. The van der Waals surface area contributed by atoms with Gasteiger partial charge in [0.1, 0.15) is 5.82 Å². The topological polar surface area (TPSA) is 45.7 Å². The average molecular weight is 420 g/mol. The second-order valence-electron chi connectivity index (χ2n) is 6.72. The summed E-state index contributed by atoms with van der Waals surface area (Å²) in [5.41, 5.74) is 0.725. The van der Waals surface area contributed by atoms with Crippen molar-refractivity contribution in [1.29, 1.82) is 0 Å². The number of fused-ring (bicyclic) bond motifs is 1. The van der Waals surface area contributed by atoms with Crippen LogP contribution in [0.15, 0.2) is 35.7 Å². The molecular formula is C20H22FN3O2S2. The Labute approximate surface area is 171 Å². The van der Waals surface area contributed by atoms with Gasteiger partial charge in [0, 0.05) is 31.1 Å². The molecule has 148 valence electrons. The number of morpholine rings is 1. The van der Waals surface area contributed by atoms with Crippen LogP contribution in [-0.2, 0) is 16.0 Å². The molecule has 1 aliphatic heterocycles. The van der Waals surface area contributed by atoms with Gasteiger partial charge in [-0.3, -0.25) is 14.6 Å². The summed E-state index contributed by atoms with van der Waals surface area (Å²) < 4.78 is 19.7. The molecule has 0 aliphatic carbocycles. The Morgan fingerprint density at radius 1 is 1.29 bits per heavy atom. The van der Waals surface area contributed by atoms with Gasteiger partial charge in [-0.05, 0) is 36.1 Å². The third kappa shape index (κ3) is 4.75. The Hall–Kier alpha value is -1.87. The van der Waals surface area contributed by atoms with E-state index in [-0.39, 0.29) is 11.7 Å². The SMILES string of the molecule is O=C(Cc1cccs1)N(CCCN1CCOCC1)c1nc2ccc(F)cc2s1. The van der Waals surface area contributed by atoms with Gasteiger partial charge < -0.3 is 4.74 Å². The van der Waals surface area contributed by atoms with Gasteiger partial charge in [-0.15, -0.1) is 11.3 Å². The predicted molar refractivity (Wildman–Crippen MR) is 112 cm³/mol. The van der Waals surface area contributed by atoms with E-state index in [2.05, 4.69) is 9.88 Å². The highest BCUT2D eigenvalue weighted by Crippen LogP contribution is 2.30. The second kappa shape index (κ2) is 9.09. The number of hydrogen-bond donors (Lipinski definition) is 0. The van der Waals surface area contributed by atoms with Gasteiger partial charge in [0.25, 0.3) is 0 Å². The number of thiazole rings is 1. The number of benzene rings is 1. The highest BCUT2D eigenvalue weighted by molar-refractivity contribution is 7.22. The number of hydrogen-bond acceptors (Lipinski definition) is 6. The van der Waals surface area contributed by atoms with Crippen molar-refractivity contribution < 1.29 is 13.9 Å². The van der Waals surface area contributed by atoms with Crippen LogP contribution in [0.5, 0.6) is 0 Å². The molecule has 0 radical (unpaired) electrons. The maximum Gasteiger partial charge on any atom is 0.234 e. The summed E-state index contributed by atoms with van der Waals surface area (Å²) in [6, 6.07) is 8.48. The minimum atomic E-state index is -0.286. The van der Waals surface area contributed by atoms with E-state index < -0.39 is 0 Å². The molecule has 1 aromatic carbocycles. The molecule has 3 heterocycles. The molecule has 1 saturated heterocycles. The minimum Gasteiger partial charge on any atom is -0.379 e. The normalized spacial score (nSPS) is 15.2. The van der Waals surface area contributed by atoms with Gasteiger partial charge in [-0.1, -0.05) is 17.4 Å². The lowest BCUT2D eigenvalue weighted by Crippen LogP contribution is -2.39. The van der Waals surface area contributed by atoms with Crippen LogP contribution >= 0.6 is 22.7 Å². The van der Waals surface area contributed by atoms with Gasteiger partial charge in [0.2, 0.25) is 5.91 Å². The van der Waals surface area contributed by atoms with Crippen LogP contribution in [0.4, 0.5) is 9.52 Å². The molecule has 1 fully saturated rings. The zero-order chi connectivity index (χ0) is 19.3. The Kier molecular flexibility index (Phi) is 6.31. The highest BCUT2D eigenvalue weighted by atomic mass is 32.1. The Balaban J connectivity index is 1.50. The third-order valence-corrected chi connectivity index (χ3v) is 6.65. The lowest BCUT2D eigenvalue weighted by atomic mass is 10.3. The number of nitrogens with zero attached hydrogens (tertiary/aromatic N) is 3. The van der Waals surface area contributed by atoms with Crippen molar-refractivity contribution in [2.75, 3.05) is 44.3 Å². The number of ether oxygens (including phenoxy) is 1. The van der Waals surface area contributed by atoms with Gasteiger partial charge >= 0.3 is 0 Å². The number of thiophene rings is 1. The Morgan fingerprint density at radius 2 is 2.14 bits per heavy atom. The van der Waals surface area contributed by atoms with Gasteiger partial charge in [-0.25, -0.2) is 9.37 Å². The van der Waals surface area contributed by atoms with Gasteiger partial charge in [-0.2, -0.15) is 0 Å². The zero-order valence-corrected chi connectivity index (χ0v) is 17.1. The van der Waals surface area contributed by atoms with Crippen molar-refractivity contribution in [3.8, 4) is 0 Å². The monoisotopic (exact) mass is 419 g/mol. The molecule has 28 heavy (non-hydrogen) atoms. The number of carbonyl (C=O) groups excluding carboxylic acids is 1. The fourth-order valence-corrected chi connectivity index (χ4v) is 4.99. The van der Waals surface area contributed by atoms with E-state index in [1.54, 1.807) is 22.3 Å². The number of carbonyl (C=O) groups is 1. The Morgan fingerprint density at radius 3 is 2.93 bits per heavy atom. The molecule has 4 rings (SSSR count). The van der Waals surface area contributed by atoms with Crippen LogP contribution < -0.4 is 4.90 Å². The van der Waals surface area contributed by atoms with Crippen LogP contribution in [0.25, 0.3) is 10.2 Å². The van der Waals surface area contributed by atoms with E-state index in [1.807, 2.05) is 17.5 Å². The van der Waals surface area contributed by atoms with Crippen LogP contribution in [0.2, 0.25) is 0 Å². The van der Waals surface area contributed by atoms with Crippen LogP contribution in [-0.4, -0.2) is 55.2 Å². The molecule has 8 heteroatoms. The zero-order valence-electron chi connectivity index (χ0n) is 15.5. The molecular weight excluding hydrogens is 397 g/mol. The van der Waals surface area contributed by atoms with Crippen LogP contribution in [0.1, 0.15) is 11.3 Å². The van der Waals surface area contributed by atoms with Crippen molar-refractivity contribution >= 4 is 43.9 Å². The summed E-state index contributed by atoms with van der Waals surface area (Å²) in [6.07, 6.45) is 1.22. The van der Waals surface area contributed by atoms with Gasteiger partial charge in [0.05, 0.1) is 29.9 Å². The van der Waals surface area contributed by atoms with Crippen LogP contribution in [0.3, 0.4) is 0 Å². The maximum atomic E-state index is 13.6. The molecule has 3 aromatic rings. The summed E-state index contributed by atoms with van der Waals surface area (Å²) in [5, 5.41) is 2.62. The van der Waals surface area contributed by atoms with E-state index in [4.69, 9.17) is 4.74 Å². The summed E-state index contributed by atoms with van der Waals surface area (Å²) in [7, 11) is 0. The molecule has 0 N–H and O–H groups in total. The molecule has 1 amide bonds. The van der Waals surface area contributed by atoms with Gasteiger partial charge in [0.15, 0.2) is 5.13 Å². The predicted octanol–water partition coefficient (Wildman–Crippen LogP) is 3.79. The summed E-state index contributed by atoms with van der Waals surface area (Å²) in [4.78, 5) is 22.8. The molecule has 1 aliphatic rings. The quantitative estimate of drug-likeness (QED) is 0.585. The van der Waals surface area contributed by atoms with E-state index in [9.17, 15) is 9.18 Å². The lowest BCUT2D eigenvalue weighted by molar-refractivity contribution is -0.118. The number of halogens is 1. The van der Waals surface area contributed by atoms with Crippen molar-refractivity contribution in [3.05, 3.63) is 46.4 Å². The molecule has 0 atom stereocenters. The fraction of sp³-hybridized carbons (Fsp3) is 0.400. The largest absolute Gasteiger partial charge is 0.379 e. The first-order valence-corrected chi connectivity index (χ1v) is 11.1. The fourth-order valence-electron chi connectivity index (χ4n) is 3.26. The number of rotatable bonds is 7. The first-order chi connectivity index (χ1) is 13.7. The van der Waals surface area contributed by atoms with Crippen LogP contribution in [0, 0.1) is 5.82 Å². The van der Waals surface area contributed by atoms with Crippen molar-refractivity contribution in [3.63, 3.8) is 0 Å². The third-order valence-electron chi connectivity index (χ3n) is 4.74. The first-order valence-electron chi connectivity index (χ1n) is 9.38. The molecule has 0 unspecified atom stereocenters. The second-order valence-corrected chi connectivity index (χ2v) is 8.76. The molecule has 2 aromatic heterocycles. The number of amides is 1.